The second-order valence-electron chi connectivity index (χ2n) is 5.86. The van der Waals surface area contributed by atoms with Crippen molar-refractivity contribution in [2.45, 2.75) is 31.5 Å². The van der Waals surface area contributed by atoms with Gasteiger partial charge in [-0.15, -0.1) is 12.4 Å². The number of benzene rings is 1. The molecule has 0 spiro atoms. The number of carbonyl (C=O) groups is 2. The molecule has 1 aliphatic carbocycles. The third kappa shape index (κ3) is 5.89. The first kappa shape index (κ1) is 21.2. The first-order valence-corrected chi connectivity index (χ1v) is 7.76. The highest BCUT2D eigenvalue weighted by molar-refractivity contribution is 5.96. The van der Waals surface area contributed by atoms with Gasteiger partial charge in [-0.25, -0.2) is 0 Å². The molecular formula is C16H21ClF3N3O2. The van der Waals surface area contributed by atoms with E-state index in [1.807, 2.05) is 0 Å². The summed E-state index contributed by atoms with van der Waals surface area (Å²) in [4.78, 5) is 23.7. The second-order valence-corrected chi connectivity index (χ2v) is 5.86. The minimum absolute atomic E-state index is 0. The van der Waals surface area contributed by atoms with Crippen molar-refractivity contribution in [3.05, 3.63) is 35.4 Å². The van der Waals surface area contributed by atoms with Crippen molar-refractivity contribution in [2.24, 2.45) is 11.7 Å². The van der Waals surface area contributed by atoms with Crippen LogP contribution >= 0.6 is 12.4 Å². The number of halogens is 4. The molecule has 1 saturated carbocycles. The Hall–Kier alpha value is -1.80. The van der Waals surface area contributed by atoms with Gasteiger partial charge in [-0.3, -0.25) is 9.59 Å². The topological polar surface area (TPSA) is 84.2 Å². The van der Waals surface area contributed by atoms with Crippen molar-refractivity contribution in [3.8, 4) is 0 Å². The molecular weight excluding hydrogens is 359 g/mol. The van der Waals surface area contributed by atoms with Crippen LogP contribution in [0.2, 0.25) is 0 Å². The van der Waals surface area contributed by atoms with E-state index in [4.69, 9.17) is 5.73 Å². The lowest BCUT2D eigenvalue weighted by Crippen LogP contribution is -2.44. The molecule has 25 heavy (non-hydrogen) atoms. The smallest absolute Gasteiger partial charge is 0.352 e. The number of hydrogen-bond donors (Lipinski definition) is 3. The highest BCUT2D eigenvalue weighted by Gasteiger charge is 2.30. The average Bonchev–Trinajstić information content (AvgIpc) is 2.99. The molecule has 2 rings (SSSR count). The monoisotopic (exact) mass is 379 g/mol. The van der Waals surface area contributed by atoms with E-state index < -0.39 is 17.6 Å². The molecule has 1 aliphatic rings. The lowest BCUT2D eigenvalue weighted by atomic mass is 10.0. The Morgan fingerprint density at radius 1 is 1.16 bits per heavy atom. The molecule has 0 bridgehead atoms. The fourth-order valence-electron chi connectivity index (χ4n) is 2.84. The zero-order valence-electron chi connectivity index (χ0n) is 13.4. The quantitative estimate of drug-likeness (QED) is 0.732. The fourth-order valence-corrected chi connectivity index (χ4v) is 2.84. The van der Waals surface area contributed by atoms with Crippen molar-refractivity contribution in [1.82, 2.24) is 10.6 Å². The minimum atomic E-state index is -4.45. The summed E-state index contributed by atoms with van der Waals surface area (Å²) >= 11 is 0. The average molecular weight is 380 g/mol. The van der Waals surface area contributed by atoms with Crippen LogP contribution in [0.1, 0.15) is 35.2 Å². The van der Waals surface area contributed by atoms with E-state index in [1.165, 1.54) is 0 Å². The van der Waals surface area contributed by atoms with Gasteiger partial charge in [0, 0.05) is 11.6 Å². The van der Waals surface area contributed by atoms with Gasteiger partial charge in [-0.2, -0.15) is 13.2 Å². The highest BCUT2D eigenvalue weighted by Crippen LogP contribution is 2.29. The summed E-state index contributed by atoms with van der Waals surface area (Å²) in [5, 5.41) is 5.23. The molecule has 0 aliphatic heterocycles. The van der Waals surface area contributed by atoms with Crippen LogP contribution in [0, 0.1) is 5.92 Å². The molecule has 0 aromatic heterocycles. The Balaban J connectivity index is 0.00000312. The van der Waals surface area contributed by atoms with Gasteiger partial charge in [-0.05, 0) is 49.6 Å². The van der Waals surface area contributed by atoms with E-state index in [-0.39, 0.29) is 42.4 Å². The van der Waals surface area contributed by atoms with Crippen LogP contribution in [0.5, 0.6) is 0 Å². The minimum Gasteiger partial charge on any atom is -0.352 e. The number of carbonyl (C=O) groups excluding carboxylic acids is 2. The number of nitrogens with one attached hydrogen (secondary N) is 2. The molecule has 1 fully saturated rings. The van der Waals surface area contributed by atoms with Gasteiger partial charge >= 0.3 is 6.18 Å². The molecule has 2 amide bonds. The summed E-state index contributed by atoms with van der Waals surface area (Å²) in [6.45, 7) is 0.274. The molecule has 1 aromatic rings. The van der Waals surface area contributed by atoms with Crippen LogP contribution in [0.4, 0.5) is 13.2 Å². The Labute approximate surface area is 149 Å². The zero-order valence-corrected chi connectivity index (χ0v) is 14.3. The highest BCUT2D eigenvalue weighted by atomic mass is 35.5. The third-order valence-electron chi connectivity index (χ3n) is 4.19. The Morgan fingerprint density at radius 3 is 2.36 bits per heavy atom. The molecule has 2 unspecified atom stereocenters. The first-order valence-electron chi connectivity index (χ1n) is 7.76. The number of amides is 2. The van der Waals surface area contributed by atoms with Crippen LogP contribution < -0.4 is 16.4 Å². The van der Waals surface area contributed by atoms with Crippen LogP contribution in [-0.2, 0) is 11.0 Å². The van der Waals surface area contributed by atoms with Gasteiger partial charge in [0.1, 0.15) is 0 Å². The summed E-state index contributed by atoms with van der Waals surface area (Å²) in [6.07, 6.45) is -1.61. The zero-order chi connectivity index (χ0) is 17.7. The lowest BCUT2D eigenvalue weighted by Gasteiger charge is -2.19. The first-order chi connectivity index (χ1) is 11.3. The van der Waals surface area contributed by atoms with Crippen LogP contribution in [0.25, 0.3) is 0 Å². The molecule has 0 radical (unpaired) electrons. The normalized spacial score (nSPS) is 19.8. The van der Waals surface area contributed by atoms with Crippen molar-refractivity contribution in [1.29, 1.82) is 0 Å². The summed E-state index contributed by atoms with van der Waals surface area (Å²) in [5.41, 5.74) is 4.88. The standard InChI is InChI=1S/C16H20F3N3O2.ClH/c17-16(18,19)12-6-4-10(5-7-12)15(24)21-9-14(23)22-13-3-1-2-11(13)8-20;/h4-7,11,13H,1-3,8-9,20H2,(H,21,24)(H,22,23);1H. The van der Waals surface area contributed by atoms with Crippen LogP contribution in [-0.4, -0.2) is 30.9 Å². The Kier molecular flexibility index (Phi) is 7.69. The third-order valence-corrected chi connectivity index (χ3v) is 4.19. The predicted octanol–water partition coefficient (Wildman–Crippen LogP) is 2.10. The number of alkyl halides is 3. The summed E-state index contributed by atoms with van der Waals surface area (Å²) < 4.78 is 37.4. The maximum atomic E-state index is 12.5. The fraction of sp³-hybridized carbons (Fsp3) is 0.500. The van der Waals surface area contributed by atoms with Gasteiger partial charge in [0.2, 0.25) is 5.91 Å². The molecule has 0 heterocycles. The van der Waals surface area contributed by atoms with Gasteiger partial charge < -0.3 is 16.4 Å². The van der Waals surface area contributed by atoms with Crippen molar-refractivity contribution in [2.75, 3.05) is 13.1 Å². The molecule has 140 valence electrons. The van der Waals surface area contributed by atoms with Crippen LogP contribution in [0.15, 0.2) is 24.3 Å². The van der Waals surface area contributed by atoms with E-state index in [2.05, 4.69) is 10.6 Å². The predicted molar refractivity (Wildman–Crippen MR) is 89.4 cm³/mol. The van der Waals surface area contributed by atoms with Gasteiger partial charge in [0.15, 0.2) is 0 Å². The van der Waals surface area contributed by atoms with Crippen molar-refractivity contribution in [3.63, 3.8) is 0 Å². The number of nitrogens with two attached hydrogens (primary N) is 1. The molecule has 2 atom stereocenters. The van der Waals surface area contributed by atoms with Crippen molar-refractivity contribution < 1.29 is 22.8 Å². The number of hydrogen-bond acceptors (Lipinski definition) is 3. The lowest BCUT2D eigenvalue weighted by molar-refractivity contribution is -0.137. The maximum Gasteiger partial charge on any atom is 0.416 e. The van der Waals surface area contributed by atoms with E-state index >= 15 is 0 Å². The summed E-state index contributed by atoms with van der Waals surface area (Å²) in [6, 6.07) is 3.85. The van der Waals surface area contributed by atoms with E-state index in [9.17, 15) is 22.8 Å². The SMILES string of the molecule is Cl.NCC1CCCC1NC(=O)CNC(=O)c1ccc(C(F)(F)F)cc1. The van der Waals surface area contributed by atoms with Gasteiger partial charge in [-0.1, -0.05) is 6.42 Å². The van der Waals surface area contributed by atoms with Crippen LogP contribution in [0.3, 0.4) is 0 Å². The van der Waals surface area contributed by atoms with E-state index in [0.717, 1.165) is 43.5 Å². The second kappa shape index (κ2) is 9.05. The van der Waals surface area contributed by atoms with Crippen molar-refractivity contribution >= 4 is 24.2 Å². The molecule has 5 nitrogen and oxygen atoms in total. The molecule has 1 aromatic carbocycles. The molecule has 0 saturated heterocycles. The Morgan fingerprint density at radius 2 is 1.80 bits per heavy atom. The van der Waals surface area contributed by atoms with E-state index in [0.29, 0.717) is 6.54 Å². The molecule has 4 N–H and O–H groups in total. The summed E-state index contributed by atoms with van der Waals surface area (Å²) in [7, 11) is 0. The Bertz CT molecular complexity index is 593. The maximum absolute atomic E-state index is 12.5. The molecule has 9 heteroatoms. The van der Waals surface area contributed by atoms with E-state index in [1.54, 1.807) is 0 Å². The van der Waals surface area contributed by atoms with Gasteiger partial charge in [0.25, 0.3) is 5.91 Å². The largest absolute Gasteiger partial charge is 0.416 e. The summed E-state index contributed by atoms with van der Waals surface area (Å²) in [5.74, 6) is -0.680. The van der Waals surface area contributed by atoms with Gasteiger partial charge in [0.05, 0.1) is 12.1 Å². The number of rotatable bonds is 5.